The van der Waals surface area contributed by atoms with Gasteiger partial charge in [-0.05, 0) is 24.3 Å². The molecule has 1 aromatic heterocycles. The molecule has 0 saturated heterocycles. The Kier molecular flexibility index (Phi) is 3.67. The molecule has 7 heteroatoms. The van der Waals surface area contributed by atoms with Gasteiger partial charge in [-0.25, -0.2) is 13.8 Å². The van der Waals surface area contributed by atoms with Gasteiger partial charge in [0, 0.05) is 11.8 Å². The molecule has 0 aliphatic rings. The average Bonchev–Trinajstić information content (AvgIpc) is 2.43. The molecule has 0 atom stereocenters. The highest BCUT2D eigenvalue weighted by Crippen LogP contribution is 2.14. The number of nitrogens with two attached hydrogens (primary N) is 1. The molecule has 0 radical (unpaired) electrons. The fourth-order valence-electron chi connectivity index (χ4n) is 1.38. The Morgan fingerprint density at radius 2 is 1.84 bits per heavy atom. The highest BCUT2D eigenvalue weighted by Gasteiger charge is 2.09. The van der Waals surface area contributed by atoms with Crippen molar-refractivity contribution < 1.29 is 13.6 Å². The third-order valence-corrected chi connectivity index (χ3v) is 2.34. The van der Waals surface area contributed by atoms with Gasteiger partial charge in [-0.15, -0.1) is 0 Å². The smallest absolute Gasteiger partial charge is 0.274 e. The zero-order chi connectivity index (χ0) is 13.8. The van der Waals surface area contributed by atoms with Crippen molar-refractivity contribution in [3.63, 3.8) is 0 Å². The molecule has 0 saturated carbocycles. The van der Waals surface area contributed by atoms with Gasteiger partial charge in [0.2, 0.25) is 0 Å². The summed E-state index contributed by atoms with van der Waals surface area (Å²) in [7, 11) is 0. The topological polar surface area (TPSA) is 80.0 Å². The first-order valence-corrected chi connectivity index (χ1v) is 5.29. The third-order valence-electron chi connectivity index (χ3n) is 2.34. The molecule has 1 heterocycles. The van der Waals surface area contributed by atoms with E-state index in [2.05, 4.69) is 15.7 Å². The maximum absolute atomic E-state index is 13.0. The van der Waals surface area contributed by atoms with Gasteiger partial charge in [0.25, 0.3) is 5.91 Å². The number of carbonyl (C=O) groups is 1. The van der Waals surface area contributed by atoms with Crippen molar-refractivity contribution in [1.29, 1.82) is 0 Å². The second-order valence-electron chi connectivity index (χ2n) is 3.66. The lowest BCUT2D eigenvalue weighted by atomic mass is 10.2. The first-order chi connectivity index (χ1) is 9.10. The monoisotopic (exact) mass is 264 g/mol. The molecule has 0 aliphatic carbocycles. The summed E-state index contributed by atoms with van der Waals surface area (Å²) < 4.78 is 25.7. The van der Waals surface area contributed by atoms with E-state index in [4.69, 9.17) is 5.84 Å². The van der Waals surface area contributed by atoms with Crippen molar-refractivity contribution in [2.24, 2.45) is 5.84 Å². The van der Waals surface area contributed by atoms with E-state index in [0.717, 1.165) is 12.1 Å². The van der Waals surface area contributed by atoms with Crippen molar-refractivity contribution in [3.05, 3.63) is 53.9 Å². The lowest BCUT2D eigenvalue weighted by Gasteiger charge is -2.05. The Morgan fingerprint density at radius 3 is 2.42 bits per heavy atom. The summed E-state index contributed by atoms with van der Waals surface area (Å²) in [6.07, 6.45) is 1.38. The van der Waals surface area contributed by atoms with Crippen LogP contribution in [0.3, 0.4) is 0 Å². The van der Waals surface area contributed by atoms with Gasteiger partial charge in [-0.1, -0.05) is 0 Å². The second-order valence-corrected chi connectivity index (χ2v) is 3.66. The van der Waals surface area contributed by atoms with E-state index >= 15 is 0 Å². The molecule has 19 heavy (non-hydrogen) atoms. The number of hydrogen-bond acceptors (Lipinski definition) is 4. The molecular formula is C12H10F2N4O. The van der Waals surface area contributed by atoms with Crippen LogP contribution in [0.25, 0.3) is 0 Å². The summed E-state index contributed by atoms with van der Waals surface area (Å²) in [5.41, 5.74) is 3.19. The van der Waals surface area contributed by atoms with Crippen LogP contribution in [0.2, 0.25) is 0 Å². The van der Waals surface area contributed by atoms with E-state index in [0.29, 0.717) is 5.69 Å². The minimum Gasteiger partial charge on any atom is -0.323 e. The molecular weight excluding hydrogens is 254 g/mol. The molecule has 1 amide bonds. The number of halogens is 2. The summed E-state index contributed by atoms with van der Waals surface area (Å²) in [6, 6.07) is 6.09. The average molecular weight is 264 g/mol. The molecule has 98 valence electrons. The number of nitrogens with one attached hydrogen (secondary N) is 2. The highest BCUT2D eigenvalue weighted by molar-refractivity contribution is 6.02. The van der Waals surface area contributed by atoms with Crippen molar-refractivity contribution in [1.82, 2.24) is 4.98 Å². The van der Waals surface area contributed by atoms with Crippen molar-refractivity contribution in [2.75, 3.05) is 10.7 Å². The number of hydrazine groups is 1. The van der Waals surface area contributed by atoms with Crippen LogP contribution in [-0.4, -0.2) is 10.9 Å². The number of benzene rings is 1. The standard InChI is InChI=1S/C12H10F2N4O/c13-9-3-1-7(5-10(9)14)17-12(19)11-4-2-8(18-15)6-16-11/h1-6,18H,15H2,(H,17,19). The third kappa shape index (κ3) is 3.02. The van der Waals surface area contributed by atoms with Crippen LogP contribution in [0.15, 0.2) is 36.5 Å². The van der Waals surface area contributed by atoms with E-state index in [-0.39, 0.29) is 11.4 Å². The van der Waals surface area contributed by atoms with E-state index < -0.39 is 17.5 Å². The largest absolute Gasteiger partial charge is 0.323 e. The zero-order valence-corrected chi connectivity index (χ0v) is 9.65. The summed E-state index contributed by atoms with van der Waals surface area (Å²) in [5.74, 6) is 2.62. The molecule has 2 rings (SSSR count). The van der Waals surface area contributed by atoms with Crippen LogP contribution in [0.5, 0.6) is 0 Å². The number of pyridine rings is 1. The minimum absolute atomic E-state index is 0.128. The number of hydrogen-bond donors (Lipinski definition) is 3. The summed E-state index contributed by atoms with van der Waals surface area (Å²) >= 11 is 0. The number of rotatable bonds is 3. The van der Waals surface area contributed by atoms with Crippen molar-refractivity contribution in [2.45, 2.75) is 0 Å². The number of nitrogens with zero attached hydrogens (tertiary/aromatic N) is 1. The van der Waals surface area contributed by atoms with Gasteiger partial charge in [0.1, 0.15) is 5.69 Å². The van der Waals surface area contributed by atoms with Gasteiger partial charge < -0.3 is 10.7 Å². The molecule has 0 aliphatic heterocycles. The fourth-order valence-corrected chi connectivity index (χ4v) is 1.38. The number of carbonyl (C=O) groups excluding carboxylic acids is 1. The summed E-state index contributed by atoms with van der Waals surface area (Å²) in [4.78, 5) is 15.6. The molecule has 5 nitrogen and oxygen atoms in total. The SMILES string of the molecule is NNc1ccc(C(=O)Nc2ccc(F)c(F)c2)nc1. The van der Waals surface area contributed by atoms with Crippen LogP contribution < -0.4 is 16.6 Å². The Hall–Kier alpha value is -2.54. The Balaban J connectivity index is 2.13. The van der Waals surface area contributed by atoms with Crippen LogP contribution >= 0.6 is 0 Å². The summed E-state index contributed by atoms with van der Waals surface area (Å²) in [5, 5.41) is 2.40. The predicted octanol–water partition coefficient (Wildman–Crippen LogP) is 1.90. The Labute approximate surface area is 107 Å². The Morgan fingerprint density at radius 1 is 1.11 bits per heavy atom. The first kappa shape index (κ1) is 12.9. The molecule has 0 bridgehead atoms. The number of amides is 1. The van der Waals surface area contributed by atoms with Crippen molar-refractivity contribution >= 4 is 17.3 Å². The second kappa shape index (κ2) is 5.40. The minimum atomic E-state index is -1.03. The number of aromatic nitrogens is 1. The van der Waals surface area contributed by atoms with Gasteiger partial charge in [0.05, 0.1) is 11.9 Å². The van der Waals surface area contributed by atoms with Crippen LogP contribution in [0.4, 0.5) is 20.2 Å². The molecule has 4 N–H and O–H groups in total. The summed E-state index contributed by atoms with van der Waals surface area (Å²) in [6.45, 7) is 0. The Bertz CT molecular complexity index is 601. The lowest BCUT2D eigenvalue weighted by Crippen LogP contribution is -2.14. The predicted molar refractivity (Wildman–Crippen MR) is 66.4 cm³/mol. The van der Waals surface area contributed by atoms with E-state index in [1.165, 1.54) is 18.3 Å². The van der Waals surface area contributed by atoms with Gasteiger partial charge >= 0.3 is 0 Å². The number of anilines is 2. The van der Waals surface area contributed by atoms with E-state index in [1.54, 1.807) is 6.07 Å². The highest BCUT2D eigenvalue weighted by atomic mass is 19.2. The fraction of sp³-hybridized carbons (Fsp3) is 0. The lowest BCUT2D eigenvalue weighted by molar-refractivity contribution is 0.102. The van der Waals surface area contributed by atoms with Gasteiger partial charge in [0.15, 0.2) is 11.6 Å². The molecule has 2 aromatic rings. The maximum Gasteiger partial charge on any atom is 0.274 e. The quantitative estimate of drug-likeness (QED) is 0.584. The van der Waals surface area contributed by atoms with E-state index in [1.807, 2.05) is 0 Å². The zero-order valence-electron chi connectivity index (χ0n) is 9.65. The first-order valence-electron chi connectivity index (χ1n) is 5.29. The molecule has 0 unspecified atom stereocenters. The van der Waals surface area contributed by atoms with Gasteiger partial charge in [-0.3, -0.25) is 10.6 Å². The number of nitrogen functional groups attached to an aromatic ring is 1. The van der Waals surface area contributed by atoms with E-state index in [9.17, 15) is 13.6 Å². The normalized spacial score (nSPS) is 10.1. The van der Waals surface area contributed by atoms with Crippen molar-refractivity contribution in [3.8, 4) is 0 Å². The van der Waals surface area contributed by atoms with Gasteiger partial charge in [-0.2, -0.15) is 0 Å². The van der Waals surface area contributed by atoms with Crippen LogP contribution in [-0.2, 0) is 0 Å². The van der Waals surface area contributed by atoms with Crippen LogP contribution in [0, 0.1) is 11.6 Å². The maximum atomic E-state index is 13.0. The van der Waals surface area contributed by atoms with Crippen LogP contribution in [0.1, 0.15) is 10.5 Å². The molecule has 1 aromatic carbocycles. The molecule has 0 fully saturated rings. The molecule has 0 spiro atoms.